The van der Waals surface area contributed by atoms with Crippen molar-refractivity contribution in [3.8, 4) is 21.2 Å². The molecule has 8 rings (SSSR count). The van der Waals surface area contributed by atoms with Gasteiger partial charge in [0.25, 0.3) is 5.91 Å². The topological polar surface area (TPSA) is 227 Å². The summed E-state index contributed by atoms with van der Waals surface area (Å²) in [6.45, 7) is 6.96. The second-order valence-corrected chi connectivity index (χ2v) is 21.1. The zero-order valence-electron chi connectivity index (χ0n) is 37.5. The summed E-state index contributed by atoms with van der Waals surface area (Å²) in [7, 11) is -3.85. The van der Waals surface area contributed by atoms with Gasteiger partial charge in [0.2, 0.25) is 17.7 Å². The number of aryl methyl sites for hydroxylation is 3. The van der Waals surface area contributed by atoms with Gasteiger partial charge in [0.05, 0.1) is 51.5 Å². The van der Waals surface area contributed by atoms with E-state index in [-0.39, 0.29) is 48.9 Å². The van der Waals surface area contributed by atoms with E-state index < -0.39 is 64.8 Å². The number of fused-ring (bicyclic) bond motifs is 3. The average molecular weight is 999 g/mol. The summed E-state index contributed by atoms with van der Waals surface area (Å²) in [5.41, 5.74) is 8.12. The third-order valence-electron chi connectivity index (χ3n) is 11.7. The normalized spacial score (nSPS) is 16.6. The monoisotopic (exact) mass is 997 g/mol. The van der Waals surface area contributed by atoms with Gasteiger partial charge in [-0.3, -0.25) is 28.7 Å². The zero-order valence-corrected chi connectivity index (χ0v) is 40.7. The van der Waals surface area contributed by atoms with E-state index in [9.17, 15) is 32.7 Å². The summed E-state index contributed by atoms with van der Waals surface area (Å²) in [4.78, 5) is 65.2. The molecule has 17 nitrogen and oxygen atoms in total. The molecule has 0 radical (unpaired) electrons. The fraction of sp³-hybridized carbons (Fsp3) is 0.319. The van der Waals surface area contributed by atoms with Crippen LogP contribution in [-0.2, 0) is 35.6 Å². The van der Waals surface area contributed by atoms with E-state index in [0.29, 0.717) is 22.4 Å². The quantitative estimate of drug-likeness (QED) is 0.101. The number of sulfone groups is 1. The van der Waals surface area contributed by atoms with Crippen molar-refractivity contribution in [3.05, 3.63) is 128 Å². The standard InChI is InChI=1S/C47H48ClN9O8S3/c1-26-28(3)67-47-42(26)43(31-9-11-33(48)12-10-31)53-37(45-55-54-29(4)57(45)47)20-39(59)49-17-18-68(63,64)36-15-13-35(14-16-36)65-24-40(60)50-22-41(61)56-23-34(58)19-38(56)46(62)51-21-30-5-7-32(8-6-30)44-27(2)52-25-66-44/h5-16,25,34,37-38,58H,17-24H2,1-4H3,(H,49,59)(H,50,60)(H,51,62)/t34-,37+,38+/m1/s1. The molecule has 1 saturated heterocycles. The SMILES string of the molecule is Cc1ncsc1-c1ccc(CNC(=O)[C@@H]2C[C@@H](O)CN2C(=O)CNC(=O)COc2ccc(S(=O)(=O)CCNC(=O)C[C@@H]3N=C(c4ccc(Cl)cc4)c4c(sc(C)c4C)-n4c(C)nnc43)cc2)cc1. The molecular formula is C47H48ClN9O8S3. The summed E-state index contributed by atoms with van der Waals surface area (Å²) in [5, 5.41) is 28.6. The first-order valence-corrected chi connectivity index (χ1v) is 25.4. The van der Waals surface area contributed by atoms with Gasteiger partial charge < -0.3 is 30.7 Å². The van der Waals surface area contributed by atoms with E-state index in [2.05, 4.69) is 31.1 Å². The number of hydrogen-bond acceptors (Lipinski definition) is 14. The minimum Gasteiger partial charge on any atom is -0.484 e. The molecule has 3 aromatic heterocycles. The van der Waals surface area contributed by atoms with E-state index in [1.807, 2.05) is 68.7 Å². The number of halogens is 1. The molecule has 0 spiro atoms. The predicted octanol–water partition coefficient (Wildman–Crippen LogP) is 4.98. The number of carbonyl (C=O) groups is 4. The zero-order chi connectivity index (χ0) is 48.3. The molecule has 2 aliphatic heterocycles. The molecule has 0 saturated carbocycles. The Morgan fingerprint density at radius 1 is 0.897 bits per heavy atom. The lowest BCUT2D eigenvalue weighted by atomic mass is 9.99. The highest BCUT2D eigenvalue weighted by Crippen LogP contribution is 2.39. The van der Waals surface area contributed by atoms with E-state index in [1.54, 1.807) is 40.3 Å². The Labute approximate surface area is 405 Å². The third-order valence-corrected chi connectivity index (χ3v) is 15.9. The summed E-state index contributed by atoms with van der Waals surface area (Å²) in [5.74, 6) is -1.05. The van der Waals surface area contributed by atoms with Gasteiger partial charge in [0.1, 0.15) is 28.7 Å². The van der Waals surface area contributed by atoms with Crippen LogP contribution in [-0.4, -0.2) is 112 Å². The Hall–Kier alpha value is -6.32. The molecule has 21 heteroatoms. The molecule has 2 aliphatic rings. The van der Waals surface area contributed by atoms with Gasteiger partial charge in [0.15, 0.2) is 22.3 Å². The molecular weight excluding hydrogens is 950 g/mol. The molecule has 4 amide bonds. The van der Waals surface area contributed by atoms with Gasteiger partial charge in [-0.1, -0.05) is 48.0 Å². The summed E-state index contributed by atoms with van der Waals surface area (Å²) in [6.07, 6.45) is -0.952. The molecule has 354 valence electrons. The molecule has 3 atom stereocenters. The second kappa shape index (κ2) is 20.5. The fourth-order valence-corrected chi connectivity index (χ4v) is 11.3. The first kappa shape index (κ1) is 48.1. The number of hydrogen-bond donors (Lipinski definition) is 4. The van der Waals surface area contributed by atoms with Crippen LogP contribution in [0.25, 0.3) is 15.4 Å². The molecule has 68 heavy (non-hydrogen) atoms. The fourth-order valence-electron chi connectivity index (χ4n) is 8.04. The number of carbonyl (C=O) groups excluding carboxylic acids is 4. The second-order valence-electron chi connectivity index (χ2n) is 16.4. The number of ether oxygens (including phenoxy) is 1. The van der Waals surface area contributed by atoms with Gasteiger partial charge in [-0.2, -0.15) is 0 Å². The molecule has 0 aliphatic carbocycles. The highest BCUT2D eigenvalue weighted by molar-refractivity contribution is 7.91. The molecule has 6 aromatic rings. The highest BCUT2D eigenvalue weighted by atomic mass is 35.5. The number of nitrogens with zero attached hydrogens (tertiary/aromatic N) is 6. The number of benzene rings is 3. The molecule has 0 bridgehead atoms. The van der Waals surface area contributed by atoms with Crippen molar-refractivity contribution in [2.24, 2.45) is 4.99 Å². The smallest absolute Gasteiger partial charge is 0.258 e. The number of β-amino-alcohol motifs (C(OH)–C–C–N with tert-alkyl or cyclic N) is 1. The van der Waals surface area contributed by atoms with Crippen LogP contribution < -0.4 is 20.7 Å². The minimum absolute atomic E-state index is 0.0122. The molecule has 5 heterocycles. The Bertz CT molecular complexity index is 3010. The summed E-state index contributed by atoms with van der Waals surface area (Å²) < 4.78 is 34.1. The number of aliphatic hydroxyl groups excluding tert-OH is 1. The first-order valence-electron chi connectivity index (χ1n) is 21.7. The largest absolute Gasteiger partial charge is 0.484 e. The maximum Gasteiger partial charge on any atom is 0.258 e. The average Bonchev–Trinajstić information content (AvgIpc) is 4.09. The lowest BCUT2D eigenvalue weighted by molar-refractivity contribution is -0.139. The van der Waals surface area contributed by atoms with Crippen molar-refractivity contribution in [2.45, 2.75) is 70.2 Å². The number of aliphatic imine (C=N–C) groups is 1. The van der Waals surface area contributed by atoms with Gasteiger partial charge in [-0.05, 0) is 80.8 Å². The molecule has 3 aromatic carbocycles. The van der Waals surface area contributed by atoms with Crippen LogP contribution in [0, 0.1) is 27.7 Å². The molecule has 4 N–H and O–H groups in total. The number of amides is 4. The number of nitrogens with one attached hydrogen (secondary N) is 3. The summed E-state index contributed by atoms with van der Waals surface area (Å²) in [6, 6.07) is 18.9. The lowest BCUT2D eigenvalue weighted by Gasteiger charge is -2.24. The lowest BCUT2D eigenvalue weighted by Crippen LogP contribution is -2.49. The van der Waals surface area contributed by atoms with E-state index in [4.69, 9.17) is 21.3 Å². The highest BCUT2D eigenvalue weighted by Gasteiger charge is 2.39. The van der Waals surface area contributed by atoms with Crippen LogP contribution in [0.4, 0.5) is 0 Å². The molecule has 0 unspecified atom stereocenters. The van der Waals surface area contributed by atoms with Crippen LogP contribution in [0.2, 0.25) is 5.02 Å². The number of aliphatic hydroxyl groups is 1. The van der Waals surface area contributed by atoms with Crippen molar-refractivity contribution in [3.63, 3.8) is 0 Å². The van der Waals surface area contributed by atoms with Crippen LogP contribution in [0.1, 0.15) is 63.4 Å². The number of rotatable bonds is 16. The van der Waals surface area contributed by atoms with Gasteiger partial charge in [-0.15, -0.1) is 32.9 Å². The third kappa shape index (κ3) is 10.7. The Balaban J connectivity index is 0.796. The maximum atomic E-state index is 13.4. The number of thiazole rings is 1. The van der Waals surface area contributed by atoms with Crippen molar-refractivity contribution in [1.29, 1.82) is 0 Å². The van der Waals surface area contributed by atoms with E-state index in [1.165, 1.54) is 29.2 Å². The van der Waals surface area contributed by atoms with E-state index in [0.717, 1.165) is 48.3 Å². The summed E-state index contributed by atoms with van der Waals surface area (Å²) >= 11 is 9.36. The van der Waals surface area contributed by atoms with Gasteiger partial charge >= 0.3 is 0 Å². The number of likely N-dealkylation sites (tertiary alicyclic amines) is 1. The van der Waals surface area contributed by atoms with Gasteiger partial charge in [0, 0.05) is 47.1 Å². The first-order chi connectivity index (χ1) is 32.6. The Morgan fingerprint density at radius 3 is 2.32 bits per heavy atom. The Morgan fingerprint density at radius 2 is 1.62 bits per heavy atom. The molecule has 1 fully saturated rings. The van der Waals surface area contributed by atoms with Crippen LogP contribution in [0.3, 0.4) is 0 Å². The van der Waals surface area contributed by atoms with Crippen molar-refractivity contribution in [2.75, 3.05) is 32.0 Å². The number of thiophene rings is 1. The van der Waals surface area contributed by atoms with Crippen molar-refractivity contribution >= 4 is 73.5 Å². The number of aromatic nitrogens is 4. The van der Waals surface area contributed by atoms with Crippen LogP contribution >= 0.6 is 34.3 Å². The van der Waals surface area contributed by atoms with Gasteiger partial charge in [-0.25, -0.2) is 13.4 Å². The Kier molecular flexibility index (Phi) is 14.5. The predicted molar refractivity (Wildman–Crippen MR) is 258 cm³/mol. The van der Waals surface area contributed by atoms with Crippen LogP contribution in [0.5, 0.6) is 5.75 Å². The van der Waals surface area contributed by atoms with E-state index >= 15 is 0 Å². The maximum absolute atomic E-state index is 13.4. The van der Waals surface area contributed by atoms with Crippen LogP contribution in [0.15, 0.2) is 88.2 Å². The van der Waals surface area contributed by atoms with Crippen molar-refractivity contribution < 1.29 is 37.4 Å². The minimum atomic E-state index is -3.85. The van der Waals surface area contributed by atoms with Crippen molar-refractivity contribution in [1.82, 2.24) is 40.6 Å².